The number of ether oxygens (including phenoxy) is 1. The highest BCUT2D eigenvalue weighted by Crippen LogP contribution is 2.40. The van der Waals surface area contributed by atoms with Crippen LogP contribution in [0.25, 0.3) is 11.0 Å². The predicted octanol–water partition coefficient (Wildman–Crippen LogP) is 5.26. The maximum atomic E-state index is 13.0. The summed E-state index contributed by atoms with van der Waals surface area (Å²) >= 11 is 6.22. The van der Waals surface area contributed by atoms with Crippen molar-refractivity contribution in [3.63, 3.8) is 0 Å². The molecule has 0 radical (unpaired) electrons. The van der Waals surface area contributed by atoms with E-state index in [0.29, 0.717) is 5.56 Å². The van der Waals surface area contributed by atoms with Crippen molar-refractivity contribution < 1.29 is 22.3 Å². The molecule has 0 saturated heterocycles. The minimum absolute atomic E-state index is 0.0103. The van der Waals surface area contributed by atoms with Crippen LogP contribution in [0, 0.1) is 13.8 Å². The van der Waals surface area contributed by atoms with E-state index in [4.69, 9.17) is 20.8 Å². The average Bonchev–Trinajstić information content (AvgIpc) is 2.33. The third kappa shape index (κ3) is 3.32. The Balaban J connectivity index is 2.86. The lowest BCUT2D eigenvalue weighted by Crippen LogP contribution is -2.24. The lowest BCUT2D eigenvalue weighted by molar-refractivity contribution is -0.140. The maximum absolute atomic E-state index is 13.0. The van der Waals surface area contributed by atoms with E-state index < -0.39 is 23.0 Å². The summed E-state index contributed by atoms with van der Waals surface area (Å²) in [6.45, 7) is 8.32. The Bertz CT molecular complexity index is 830. The van der Waals surface area contributed by atoms with Crippen LogP contribution in [0.5, 0.6) is 5.75 Å². The summed E-state index contributed by atoms with van der Waals surface area (Å²) in [6.07, 6.45) is -4.79. The first-order chi connectivity index (χ1) is 10.3. The molecule has 2 aromatic rings. The Hall–Kier alpha value is -1.69. The normalized spacial score (nSPS) is 12.7. The molecule has 0 aliphatic carbocycles. The molecule has 0 spiro atoms. The first-order valence-corrected chi connectivity index (χ1v) is 7.23. The van der Waals surface area contributed by atoms with Gasteiger partial charge in [-0.2, -0.15) is 13.2 Å². The number of benzene rings is 1. The van der Waals surface area contributed by atoms with E-state index in [0.717, 1.165) is 0 Å². The van der Waals surface area contributed by atoms with Crippen molar-refractivity contribution in [2.24, 2.45) is 0 Å². The Labute approximate surface area is 136 Å². The Morgan fingerprint density at radius 3 is 2.22 bits per heavy atom. The van der Waals surface area contributed by atoms with Gasteiger partial charge in [-0.05, 0) is 51.8 Å². The molecule has 0 aliphatic rings. The average molecular weight is 349 g/mol. The second-order valence-electron chi connectivity index (χ2n) is 6.31. The molecule has 0 saturated carbocycles. The molecule has 0 N–H and O–H groups in total. The van der Waals surface area contributed by atoms with Crippen LogP contribution in [0.15, 0.2) is 15.3 Å². The van der Waals surface area contributed by atoms with Crippen molar-refractivity contribution >= 4 is 22.6 Å². The van der Waals surface area contributed by atoms with Gasteiger partial charge in [-0.3, -0.25) is 0 Å². The fraction of sp³-hybridized carbons (Fsp3) is 0.438. The predicted molar refractivity (Wildman–Crippen MR) is 82.4 cm³/mol. The van der Waals surface area contributed by atoms with Gasteiger partial charge >= 0.3 is 11.8 Å². The molecule has 3 nitrogen and oxygen atoms in total. The summed E-state index contributed by atoms with van der Waals surface area (Å²) in [4.78, 5) is 11.7. The van der Waals surface area contributed by atoms with Gasteiger partial charge in [-0.15, -0.1) is 0 Å². The summed E-state index contributed by atoms with van der Waals surface area (Å²) in [5, 5.41) is 0.129. The van der Waals surface area contributed by atoms with E-state index in [-0.39, 0.29) is 27.3 Å². The summed E-state index contributed by atoms with van der Waals surface area (Å²) in [5.41, 5.74) is -3.10. The molecule has 1 aromatic heterocycles. The molecule has 0 bridgehead atoms. The van der Waals surface area contributed by atoms with Gasteiger partial charge in [0.15, 0.2) is 5.58 Å². The molecule has 2 rings (SSSR count). The zero-order chi connectivity index (χ0) is 17.7. The zero-order valence-electron chi connectivity index (χ0n) is 13.3. The van der Waals surface area contributed by atoms with E-state index in [1.165, 1.54) is 13.0 Å². The van der Waals surface area contributed by atoms with Crippen LogP contribution >= 0.6 is 11.6 Å². The van der Waals surface area contributed by atoms with Gasteiger partial charge in [0.1, 0.15) is 21.9 Å². The SMILES string of the molecule is Cc1cc2c(C)c(C(F)(F)F)c(=O)oc2c(Cl)c1OC(C)(C)C. The van der Waals surface area contributed by atoms with Crippen LogP contribution in [0.4, 0.5) is 13.2 Å². The first kappa shape index (κ1) is 17.7. The summed E-state index contributed by atoms with van der Waals surface area (Å²) in [7, 11) is 0. The van der Waals surface area contributed by atoms with Crippen LogP contribution in [-0.2, 0) is 6.18 Å². The van der Waals surface area contributed by atoms with Gasteiger partial charge in [-0.1, -0.05) is 11.6 Å². The number of alkyl halides is 3. The fourth-order valence-corrected chi connectivity index (χ4v) is 2.64. The van der Waals surface area contributed by atoms with Gasteiger partial charge in [0.25, 0.3) is 0 Å². The molecule has 0 unspecified atom stereocenters. The Morgan fingerprint density at radius 2 is 1.74 bits per heavy atom. The topological polar surface area (TPSA) is 39.4 Å². The Morgan fingerprint density at radius 1 is 1.17 bits per heavy atom. The lowest BCUT2D eigenvalue weighted by Gasteiger charge is -2.24. The van der Waals surface area contributed by atoms with E-state index in [1.807, 2.05) is 0 Å². The largest absolute Gasteiger partial charge is 0.486 e. The van der Waals surface area contributed by atoms with Gasteiger partial charge in [0, 0.05) is 5.39 Å². The monoisotopic (exact) mass is 348 g/mol. The van der Waals surface area contributed by atoms with E-state index in [2.05, 4.69) is 0 Å². The molecule has 126 valence electrons. The zero-order valence-corrected chi connectivity index (χ0v) is 14.1. The number of rotatable bonds is 1. The number of hydrogen-bond donors (Lipinski definition) is 0. The first-order valence-electron chi connectivity index (χ1n) is 6.85. The van der Waals surface area contributed by atoms with Crippen molar-refractivity contribution in [2.45, 2.75) is 46.4 Å². The third-order valence-corrected chi connectivity index (χ3v) is 3.58. The van der Waals surface area contributed by atoms with Gasteiger partial charge in [0.2, 0.25) is 0 Å². The standard InChI is InChI=1S/C16H16ClF3O3/c1-7-6-9-8(2)10(16(18,19)20)14(21)22-13(9)11(17)12(7)23-15(3,4)5/h6H,1-5H3. The molecule has 0 fully saturated rings. The van der Waals surface area contributed by atoms with Crippen molar-refractivity contribution in [2.75, 3.05) is 0 Å². The Kier molecular flexibility index (Phi) is 4.18. The molecule has 1 aromatic carbocycles. The highest BCUT2D eigenvalue weighted by molar-refractivity contribution is 6.36. The van der Waals surface area contributed by atoms with Gasteiger partial charge in [0.05, 0.1) is 0 Å². The smallest absolute Gasteiger partial charge is 0.423 e. The number of hydrogen-bond acceptors (Lipinski definition) is 3. The second kappa shape index (κ2) is 5.44. The fourth-order valence-electron chi connectivity index (χ4n) is 2.31. The molecular formula is C16H16ClF3O3. The summed E-state index contributed by atoms with van der Waals surface area (Å²) in [5.74, 6) is 0.286. The van der Waals surface area contributed by atoms with Crippen LogP contribution in [0.1, 0.15) is 37.5 Å². The van der Waals surface area contributed by atoms with Crippen LogP contribution in [0.2, 0.25) is 5.02 Å². The van der Waals surface area contributed by atoms with Crippen molar-refractivity contribution in [3.8, 4) is 5.75 Å². The summed E-state index contributed by atoms with van der Waals surface area (Å²) in [6, 6.07) is 1.48. The highest BCUT2D eigenvalue weighted by atomic mass is 35.5. The van der Waals surface area contributed by atoms with E-state index >= 15 is 0 Å². The van der Waals surface area contributed by atoms with Crippen molar-refractivity contribution in [3.05, 3.63) is 38.2 Å². The molecule has 7 heteroatoms. The van der Waals surface area contributed by atoms with Crippen LogP contribution in [0.3, 0.4) is 0 Å². The number of halogens is 4. The number of aryl methyl sites for hydroxylation is 2. The van der Waals surface area contributed by atoms with Crippen molar-refractivity contribution in [1.82, 2.24) is 0 Å². The van der Waals surface area contributed by atoms with Crippen LogP contribution in [-0.4, -0.2) is 5.60 Å². The molecule has 0 atom stereocenters. The lowest BCUT2D eigenvalue weighted by atomic mass is 10.0. The second-order valence-corrected chi connectivity index (χ2v) is 6.69. The summed E-state index contributed by atoms with van der Waals surface area (Å²) < 4.78 is 49.7. The molecular weight excluding hydrogens is 333 g/mol. The number of fused-ring (bicyclic) bond motifs is 1. The molecule has 1 heterocycles. The van der Waals surface area contributed by atoms with E-state index in [1.54, 1.807) is 27.7 Å². The van der Waals surface area contributed by atoms with Crippen molar-refractivity contribution in [1.29, 1.82) is 0 Å². The molecule has 0 amide bonds. The minimum atomic E-state index is -4.79. The molecule has 0 aliphatic heterocycles. The third-order valence-electron chi connectivity index (χ3n) is 3.23. The maximum Gasteiger partial charge on any atom is 0.423 e. The molecule has 23 heavy (non-hydrogen) atoms. The minimum Gasteiger partial charge on any atom is -0.486 e. The van der Waals surface area contributed by atoms with Crippen LogP contribution < -0.4 is 10.4 Å². The van der Waals surface area contributed by atoms with Gasteiger partial charge in [-0.25, -0.2) is 4.79 Å². The van der Waals surface area contributed by atoms with Gasteiger partial charge < -0.3 is 9.15 Å². The highest BCUT2D eigenvalue weighted by Gasteiger charge is 2.38. The quantitative estimate of drug-likeness (QED) is 0.660. The van der Waals surface area contributed by atoms with E-state index in [9.17, 15) is 18.0 Å².